The van der Waals surface area contributed by atoms with Crippen LogP contribution in [-0.2, 0) is 16.0 Å². The predicted octanol–water partition coefficient (Wildman–Crippen LogP) is 1.20. The van der Waals surface area contributed by atoms with Crippen LogP contribution in [0.3, 0.4) is 0 Å². The van der Waals surface area contributed by atoms with E-state index in [0.29, 0.717) is 13.0 Å². The molecule has 0 saturated heterocycles. The first kappa shape index (κ1) is 20.0. The number of carbonyl (C=O) groups excluding carboxylic acids is 2. The van der Waals surface area contributed by atoms with Crippen molar-refractivity contribution in [1.29, 1.82) is 0 Å². The fourth-order valence-electron chi connectivity index (χ4n) is 2.31. The number of hydrogen-bond donors (Lipinski definition) is 2. The number of carbonyl (C=O) groups is 2. The third-order valence-electron chi connectivity index (χ3n) is 3.25. The molecule has 1 aromatic rings. The van der Waals surface area contributed by atoms with Crippen LogP contribution in [0.15, 0.2) is 24.3 Å². The molecule has 6 heteroatoms. The average Bonchev–Trinajstić information content (AvgIpc) is 2.45. The highest BCUT2D eigenvalue weighted by Gasteiger charge is 2.16. The van der Waals surface area contributed by atoms with Gasteiger partial charge in [0.05, 0.1) is 20.2 Å². The Bertz CT molecular complexity index is 553. The molecule has 0 aliphatic rings. The van der Waals surface area contributed by atoms with Crippen molar-refractivity contribution in [3.63, 3.8) is 0 Å². The Morgan fingerprint density at radius 1 is 1.12 bits per heavy atom. The van der Waals surface area contributed by atoms with Gasteiger partial charge in [-0.3, -0.25) is 14.5 Å². The van der Waals surface area contributed by atoms with Gasteiger partial charge in [0.1, 0.15) is 5.75 Å². The first-order chi connectivity index (χ1) is 11.2. The second-order valence-corrected chi connectivity index (χ2v) is 6.88. The fraction of sp³-hybridized carbons (Fsp3) is 0.556. The standard InChI is InChI=1S/C18H29N3O3/c1-18(2,3)20-17(23)13-21(4)12-16(22)19-11-10-14-8-6-7-9-15(14)24-5/h6-9H,10-13H2,1-5H3,(H,19,22)(H,20,23). The summed E-state index contributed by atoms with van der Waals surface area (Å²) in [6, 6.07) is 7.74. The highest BCUT2D eigenvalue weighted by atomic mass is 16.5. The zero-order chi connectivity index (χ0) is 18.2. The third-order valence-corrected chi connectivity index (χ3v) is 3.25. The molecule has 0 aliphatic heterocycles. The molecule has 6 nitrogen and oxygen atoms in total. The average molecular weight is 335 g/mol. The molecule has 2 N–H and O–H groups in total. The van der Waals surface area contributed by atoms with Gasteiger partial charge in [0, 0.05) is 12.1 Å². The van der Waals surface area contributed by atoms with Crippen LogP contribution in [-0.4, -0.2) is 56.0 Å². The van der Waals surface area contributed by atoms with E-state index in [9.17, 15) is 9.59 Å². The van der Waals surface area contributed by atoms with E-state index in [1.165, 1.54) is 0 Å². The second kappa shape index (κ2) is 9.27. The Labute approximate surface area is 144 Å². The molecule has 0 spiro atoms. The molecular formula is C18H29N3O3. The summed E-state index contributed by atoms with van der Waals surface area (Å²) in [5.41, 5.74) is 0.785. The van der Waals surface area contributed by atoms with E-state index in [-0.39, 0.29) is 30.4 Å². The predicted molar refractivity (Wildman–Crippen MR) is 95.1 cm³/mol. The van der Waals surface area contributed by atoms with E-state index < -0.39 is 0 Å². The van der Waals surface area contributed by atoms with Crippen LogP contribution in [0.4, 0.5) is 0 Å². The van der Waals surface area contributed by atoms with Gasteiger partial charge in [-0.2, -0.15) is 0 Å². The number of nitrogens with one attached hydrogen (secondary N) is 2. The maximum atomic E-state index is 11.9. The Kier molecular flexibility index (Phi) is 7.71. The van der Waals surface area contributed by atoms with Crippen molar-refractivity contribution in [3.8, 4) is 5.75 Å². The van der Waals surface area contributed by atoms with Crippen molar-refractivity contribution in [2.45, 2.75) is 32.7 Å². The van der Waals surface area contributed by atoms with Crippen LogP contribution in [0.25, 0.3) is 0 Å². The lowest BCUT2D eigenvalue weighted by Gasteiger charge is -2.23. The first-order valence-electron chi connectivity index (χ1n) is 8.09. The zero-order valence-electron chi connectivity index (χ0n) is 15.3. The lowest BCUT2D eigenvalue weighted by molar-refractivity contribution is -0.125. The monoisotopic (exact) mass is 335 g/mol. The highest BCUT2D eigenvalue weighted by Crippen LogP contribution is 2.17. The molecule has 0 saturated carbocycles. The molecule has 0 radical (unpaired) electrons. The van der Waals surface area contributed by atoms with E-state index in [0.717, 1.165) is 11.3 Å². The number of amides is 2. The molecular weight excluding hydrogens is 306 g/mol. The summed E-state index contributed by atoms with van der Waals surface area (Å²) in [4.78, 5) is 25.5. The van der Waals surface area contributed by atoms with Crippen molar-refractivity contribution in [2.75, 3.05) is 33.8 Å². The van der Waals surface area contributed by atoms with Gasteiger partial charge in [0.15, 0.2) is 0 Å². The smallest absolute Gasteiger partial charge is 0.234 e. The quantitative estimate of drug-likeness (QED) is 0.749. The molecule has 24 heavy (non-hydrogen) atoms. The molecule has 2 amide bonds. The van der Waals surface area contributed by atoms with Crippen LogP contribution in [0.1, 0.15) is 26.3 Å². The summed E-state index contributed by atoms with van der Waals surface area (Å²) in [7, 11) is 3.39. The zero-order valence-corrected chi connectivity index (χ0v) is 15.3. The molecule has 0 heterocycles. The Hall–Kier alpha value is -2.08. The van der Waals surface area contributed by atoms with Crippen LogP contribution in [0.5, 0.6) is 5.75 Å². The van der Waals surface area contributed by atoms with E-state index in [1.54, 1.807) is 19.1 Å². The van der Waals surface area contributed by atoms with E-state index in [4.69, 9.17) is 4.74 Å². The Morgan fingerprint density at radius 2 is 1.75 bits per heavy atom. The minimum absolute atomic E-state index is 0.0909. The van der Waals surface area contributed by atoms with Crippen LogP contribution in [0, 0.1) is 0 Å². The summed E-state index contributed by atoms with van der Waals surface area (Å²) in [5, 5.41) is 5.74. The van der Waals surface area contributed by atoms with Crippen LogP contribution in [0.2, 0.25) is 0 Å². The lowest BCUT2D eigenvalue weighted by Crippen LogP contribution is -2.46. The minimum Gasteiger partial charge on any atom is -0.496 e. The second-order valence-electron chi connectivity index (χ2n) is 6.88. The van der Waals surface area contributed by atoms with Gasteiger partial charge in [-0.1, -0.05) is 18.2 Å². The van der Waals surface area contributed by atoms with Gasteiger partial charge >= 0.3 is 0 Å². The number of likely N-dealkylation sites (N-methyl/N-ethyl adjacent to an activating group) is 1. The normalized spacial score (nSPS) is 11.2. The lowest BCUT2D eigenvalue weighted by atomic mass is 10.1. The Morgan fingerprint density at radius 3 is 2.38 bits per heavy atom. The number of hydrogen-bond acceptors (Lipinski definition) is 4. The molecule has 1 aromatic carbocycles. The maximum Gasteiger partial charge on any atom is 0.234 e. The van der Waals surface area contributed by atoms with E-state index in [1.807, 2.05) is 45.0 Å². The van der Waals surface area contributed by atoms with E-state index >= 15 is 0 Å². The third kappa shape index (κ3) is 7.97. The molecule has 0 unspecified atom stereocenters. The van der Waals surface area contributed by atoms with Crippen molar-refractivity contribution in [3.05, 3.63) is 29.8 Å². The van der Waals surface area contributed by atoms with Gasteiger partial charge in [-0.25, -0.2) is 0 Å². The van der Waals surface area contributed by atoms with Crippen molar-refractivity contribution >= 4 is 11.8 Å². The highest BCUT2D eigenvalue weighted by molar-refractivity contribution is 5.81. The molecule has 134 valence electrons. The van der Waals surface area contributed by atoms with Gasteiger partial charge in [-0.15, -0.1) is 0 Å². The number of ether oxygens (including phenoxy) is 1. The molecule has 0 fully saturated rings. The SMILES string of the molecule is COc1ccccc1CCNC(=O)CN(C)CC(=O)NC(C)(C)C. The van der Waals surface area contributed by atoms with E-state index in [2.05, 4.69) is 10.6 Å². The maximum absolute atomic E-state index is 11.9. The number of rotatable bonds is 8. The van der Waals surface area contributed by atoms with Gasteiger partial charge < -0.3 is 15.4 Å². The summed E-state index contributed by atoms with van der Waals surface area (Å²) in [6.45, 7) is 6.68. The Balaban J connectivity index is 2.32. The molecule has 1 rings (SSSR count). The summed E-state index contributed by atoms with van der Waals surface area (Å²) < 4.78 is 5.29. The number of methoxy groups -OCH3 is 1. The molecule has 0 aliphatic carbocycles. The molecule has 0 bridgehead atoms. The molecule has 0 aromatic heterocycles. The first-order valence-corrected chi connectivity index (χ1v) is 8.09. The minimum atomic E-state index is -0.269. The van der Waals surface area contributed by atoms with Crippen LogP contribution >= 0.6 is 0 Å². The van der Waals surface area contributed by atoms with Crippen LogP contribution < -0.4 is 15.4 Å². The summed E-state index contributed by atoms with van der Waals surface area (Å²) >= 11 is 0. The van der Waals surface area contributed by atoms with Crippen molar-refractivity contribution < 1.29 is 14.3 Å². The topological polar surface area (TPSA) is 70.7 Å². The van der Waals surface area contributed by atoms with Gasteiger partial charge in [0.2, 0.25) is 11.8 Å². The number of benzene rings is 1. The number of nitrogens with zero attached hydrogens (tertiary/aromatic N) is 1. The fourth-order valence-corrected chi connectivity index (χ4v) is 2.31. The summed E-state index contributed by atoms with van der Waals surface area (Å²) in [5.74, 6) is 0.630. The largest absolute Gasteiger partial charge is 0.496 e. The summed E-state index contributed by atoms with van der Waals surface area (Å²) in [6.07, 6.45) is 0.698. The van der Waals surface area contributed by atoms with Crippen molar-refractivity contribution in [2.24, 2.45) is 0 Å². The van der Waals surface area contributed by atoms with Gasteiger partial charge in [-0.05, 0) is 45.9 Å². The number of para-hydroxylation sites is 1. The molecule has 0 atom stereocenters. The van der Waals surface area contributed by atoms with Gasteiger partial charge in [0.25, 0.3) is 0 Å². The van der Waals surface area contributed by atoms with Crippen molar-refractivity contribution in [1.82, 2.24) is 15.5 Å².